The van der Waals surface area contributed by atoms with Gasteiger partial charge in [0.1, 0.15) is 0 Å². The van der Waals surface area contributed by atoms with Crippen molar-refractivity contribution in [3.05, 3.63) is 0 Å². The molecule has 2 rings (SSSR count). The van der Waals surface area contributed by atoms with Crippen LogP contribution in [0.25, 0.3) is 0 Å². The van der Waals surface area contributed by atoms with Crippen LogP contribution in [0.1, 0.15) is 27.7 Å². The predicted octanol–water partition coefficient (Wildman–Crippen LogP) is 2.09. The van der Waals surface area contributed by atoms with Crippen molar-refractivity contribution in [2.24, 2.45) is 0 Å². The number of hydrogen-bond acceptors (Lipinski definition) is 4. The SMILES string of the molecule is CC(C)N1CCN(C)CC1.CC(C)N1CCSCC1. The van der Waals surface area contributed by atoms with Crippen LogP contribution in [0.4, 0.5) is 0 Å². The Morgan fingerprint density at radius 1 is 0.684 bits per heavy atom. The van der Waals surface area contributed by atoms with Crippen LogP contribution in [-0.2, 0) is 0 Å². The van der Waals surface area contributed by atoms with Gasteiger partial charge in [0.05, 0.1) is 0 Å². The summed E-state index contributed by atoms with van der Waals surface area (Å²) < 4.78 is 0. The summed E-state index contributed by atoms with van der Waals surface area (Å²) in [5.41, 5.74) is 0. The van der Waals surface area contributed by atoms with Crippen LogP contribution in [-0.4, -0.2) is 84.6 Å². The molecule has 0 aromatic rings. The highest BCUT2D eigenvalue weighted by atomic mass is 32.2. The summed E-state index contributed by atoms with van der Waals surface area (Å²) in [7, 11) is 2.19. The Hall–Kier alpha value is 0.230. The van der Waals surface area contributed by atoms with E-state index in [4.69, 9.17) is 0 Å². The van der Waals surface area contributed by atoms with Crippen molar-refractivity contribution >= 4 is 11.8 Å². The topological polar surface area (TPSA) is 9.72 Å². The van der Waals surface area contributed by atoms with Crippen LogP contribution in [0.2, 0.25) is 0 Å². The van der Waals surface area contributed by atoms with E-state index in [-0.39, 0.29) is 0 Å². The number of nitrogens with zero attached hydrogens (tertiary/aromatic N) is 3. The summed E-state index contributed by atoms with van der Waals surface area (Å²) >= 11 is 2.07. The minimum atomic E-state index is 0.730. The van der Waals surface area contributed by atoms with E-state index in [1.807, 2.05) is 0 Å². The Kier molecular flexibility index (Phi) is 8.38. The summed E-state index contributed by atoms with van der Waals surface area (Å²) in [6, 6.07) is 1.49. The lowest BCUT2D eigenvalue weighted by Gasteiger charge is -2.34. The second-order valence-electron chi connectivity index (χ2n) is 6.18. The van der Waals surface area contributed by atoms with E-state index in [1.54, 1.807) is 0 Å². The highest BCUT2D eigenvalue weighted by Gasteiger charge is 2.15. The predicted molar refractivity (Wildman–Crippen MR) is 88.2 cm³/mol. The molecule has 0 atom stereocenters. The average molecular weight is 288 g/mol. The first-order valence-electron chi connectivity index (χ1n) is 7.75. The van der Waals surface area contributed by atoms with Crippen LogP contribution >= 0.6 is 11.8 Å². The van der Waals surface area contributed by atoms with E-state index in [2.05, 4.69) is 61.2 Å². The van der Waals surface area contributed by atoms with Crippen molar-refractivity contribution in [2.45, 2.75) is 39.8 Å². The maximum Gasteiger partial charge on any atom is 0.0112 e. The lowest BCUT2D eigenvalue weighted by Crippen LogP contribution is -2.47. The van der Waals surface area contributed by atoms with Gasteiger partial charge in [0.15, 0.2) is 0 Å². The lowest BCUT2D eigenvalue weighted by atomic mass is 10.2. The van der Waals surface area contributed by atoms with Gasteiger partial charge in [0.2, 0.25) is 0 Å². The third kappa shape index (κ3) is 6.98. The van der Waals surface area contributed by atoms with Gasteiger partial charge in [0, 0.05) is 62.9 Å². The molecule has 2 aliphatic rings. The summed E-state index contributed by atoms with van der Waals surface area (Å²) in [5.74, 6) is 2.66. The summed E-state index contributed by atoms with van der Waals surface area (Å²) in [6.07, 6.45) is 0. The maximum absolute atomic E-state index is 2.54. The molecular weight excluding hydrogens is 254 g/mol. The lowest BCUT2D eigenvalue weighted by molar-refractivity contribution is 0.126. The van der Waals surface area contributed by atoms with Crippen molar-refractivity contribution in [3.8, 4) is 0 Å². The van der Waals surface area contributed by atoms with E-state index >= 15 is 0 Å². The smallest absolute Gasteiger partial charge is 0.0112 e. The molecule has 0 aromatic carbocycles. The van der Waals surface area contributed by atoms with Crippen molar-refractivity contribution < 1.29 is 0 Å². The van der Waals surface area contributed by atoms with E-state index in [0.29, 0.717) is 0 Å². The zero-order valence-electron chi connectivity index (χ0n) is 13.6. The average Bonchev–Trinajstić information content (AvgIpc) is 2.41. The molecule has 0 aromatic heterocycles. The first-order chi connectivity index (χ1) is 9.00. The second kappa shape index (κ2) is 9.22. The maximum atomic E-state index is 2.54. The highest BCUT2D eigenvalue weighted by Crippen LogP contribution is 2.11. The normalized spacial score (nSPS) is 23.5. The largest absolute Gasteiger partial charge is 0.304 e. The molecule has 19 heavy (non-hydrogen) atoms. The Labute approximate surface area is 124 Å². The van der Waals surface area contributed by atoms with Gasteiger partial charge in [-0.2, -0.15) is 11.8 Å². The first-order valence-corrected chi connectivity index (χ1v) is 8.90. The third-order valence-corrected chi connectivity index (χ3v) is 4.99. The number of piperazine rings is 1. The Morgan fingerprint density at radius 3 is 1.47 bits per heavy atom. The molecule has 2 fully saturated rings. The summed E-state index contributed by atoms with van der Waals surface area (Å²) in [6.45, 7) is 16.6. The molecule has 0 spiro atoms. The highest BCUT2D eigenvalue weighted by molar-refractivity contribution is 7.99. The minimum Gasteiger partial charge on any atom is -0.304 e. The van der Waals surface area contributed by atoms with Crippen molar-refractivity contribution in [1.82, 2.24) is 14.7 Å². The number of rotatable bonds is 2. The standard InChI is InChI=1S/C8H18N2.C7H15NS/c1-8(2)10-6-4-9(3)5-7-10;1-7(2)8-3-5-9-6-4-8/h8H,4-7H2,1-3H3;7H,3-6H2,1-2H3. The van der Waals surface area contributed by atoms with E-state index in [1.165, 1.54) is 50.8 Å². The van der Waals surface area contributed by atoms with Gasteiger partial charge in [-0.05, 0) is 34.7 Å². The van der Waals surface area contributed by atoms with E-state index in [9.17, 15) is 0 Å². The Bertz CT molecular complexity index is 219. The fraction of sp³-hybridized carbons (Fsp3) is 1.00. The molecule has 2 heterocycles. The molecule has 0 radical (unpaired) electrons. The fourth-order valence-electron chi connectivity index (χ4n) is 2.43. The van der Waals surface area contributed by atoms with Crippen molar-refractivity contribution in [1.29, 1.82) is 0 Å². The molecule has 2 saturated heterocycles. The van der Waals surface area contributed by atoms with Crippen LogP contribution < -0.4 is 0 Å². The van der Waals surface area contributed by atoms with Crippen molar-refractivity contribution in [2.75, 3.05) is 57.8 Å². The number of hydrogen-bond donors (Lipinski definition) is 0. The molecule has 2 aliphatic heterocycles. The molecule has 114 valence electrons. The van der Waals surface area contributed by atoms with Crippen molar-refractivity contribution in [3.63, 3.8) is 0 Å². The molecule has 0 N–H and O–H groups in total. The zero-order chi connectivity index (χ0) is 14.3. The van der Waals surface area contributed by atoms with E-state index < -0.39 is 0 Å². The summed E-state index contributed by atoms with van der Waals surface area (Å²) in [5, 5.41) is 0. The van der Waals surface area contributed by atoms with Gasteiger partial charge in [-0.15, -0.1) is 0 Å². The van der Waals surface area contributed by atoms with Gasteiger partial charge in [-0.25, -0.2) is 0 Å². The van der Waals surface area contributed by atoms with Gasteiger partial charge in [-0.3, -0.25) is 9.80 Å². The summed E-state index contributed by atoms with van der Waals surface area (Å²) in [4.78, 5) is 7.45. The second-order valence-corrected chi connectivity index (χ2v) is 7.40. The molecule has 4 heteroatoms. The quantitative estimate of drug-likeness (QED) is 0.769. The first kappa shape index (κ1) is 17.3. The Morgan fingerprint density at radius 2 is 1.11 bits per heavy atom. The van der Waals surface area contributed by atoms with Gasteiger partial charge < -0.3 is 4.90 Å². The fourth-order valence-corrected chi connectivity index (χ4v) is 3.36. The number of likely N-dealkylation sites (N-methyl/N-ethyl adjacent to an activating group) is 1. The molecule has 3 nitrogen and oxygen atoms in total. The molecule has 0 saturated carbocycles. The monoisotopic (exact) mass is 287 g/mol. The molecular formula is C15H33N3S. The van der Waals surface area contributed by atoms with Gasteiger partial charge >= 0.3 is 0 Å². The Balaban J connectivity index is 0.000000191. The van der Waals surface area contributed by atoms with Crippen LogP contribution in [0.5, 0.6) is 0 Å². The third-order valence-electron chi connectivity index (χ3n) is 4.04. The zero-order valence-corrected chi connectivity index (χ0v) is 14.4. The van der Waals surface area contributed by atoms with Gasteiger partial charge in [-0.1, -0.05) is 0 Å². The van der Waals surface area contributed by atoms with Gasteiger partial charge in [0.25, 0.3) is 0 Å². The molecule has 0 unspecified atom stereocenters. The molecule has 0 bridgehead atoms. The van der Waals surface area contributed by atoms with Crippen LogP contribution in [0.15, 0.2) is 0 Å². The molecule has 0 aliphatic carbocycles. The van der Waals surface area contributed by atoms with E-state index in [0.717, 1.165) is 12.1 Å². The van der Waals surface area contributed by atoms with Crippen LogP contribution in [0.3, 0.4) is 0 Å². The number of thioether (sulfide) groups is 1. The minimum absolute atomic E-state index is 0.730. The van der Waals surface area contributed by atoms with Crippen LogP contribution in [0, 0.1) is 0 Å². The molecule has 0 amide bonds.